The van der Waals surface area contributed by atoms with E-state index < -0.39 is 29.7 Å². The summed E-state index contributed by atoms with van der Waals surface area (Å²) in [5, 5.41) is 4.26. The summed E-state index contributed by atoms with van der Waals surface area (Å²) in [6.07, 6.45) is -0.886. The van der Waals surface area contributed by atoms with Gasteiger partial charge >= 0.3 is 12.1 Å². The Morgan fingerprint density at radius 1 is 0.935 bits per heavy atom. The number of nitrogens with zero attached hydrogens (tertiary/aromatic N) is 4. The van der Waals surface area contributed by atoms with Crippen molar-refractivity contribution in [3.8, 4) is 22.6 Å². The van der Waals surface area contributed by atoms with Crippen LogP contribution in [0.2, 0.25) is 0 Å². The van der Waals surface area contributed by atoms with Crippen molar-refractivity contribution < 1.29 is 33.5 Å². The lowest BCUT2D eigenvalue weighted by molar-refractivity contribution is -0.158. The van der Waals surface area contributed by atoms with Gasteiger partial charge in [-0.15, -0.1) is 5.06 Å². The average molecular weight is 632 g/mol. The van der Waals surface area contributed by atoms with Crippen LogP contribution in [0.3, 0.4) is 0 Å². The van der Waals surface area contributed by atoms with Crippen molar-refractivity contribution in [2.24, 2.45) is 0 Å². The second kappa shape index (κ2) is 15.4. The van der Waals surface area contributed by atoms with E-state index in [-0.39, 0.29) is 57.2 Å². The number of hydroxylamine groups is 2. The van der Waals surface area contributed by atoms with Gasteiger partial charge in [0, 0.05) is 30.6 Å². The van der Waals surface area contributed by atoms with Crippen LogP contribution in [0.15, 0.2) is 60.7 Å². The highest BCUT2D eigenvalue weighted by molar-refractivity contribution is 5.97. The average Bonchev–Trinajstić information content (AvgIpc) is 3.02. The lowest BCUT2D eigenvalue weighted by atomic mass is 10.0. The standard InChI is InChI=1S/C34H41N5O7/c1-6-44-33(43)46-39-20-18-38(19-21-39)32(42)26(16-17-29(40)45-34(3,4)5)37-31(41)28-22-27(25-15-11-10-12-23(25)2)35-30(36-28)24-13-8-7-9-14-24/h7-15,22,26H,6,16-21H2,1-5H3,(H,37,41)/t26-/m0/s1. The van der Waals surface area contributed by atoms with Crippen LogP contribution in [0.4, 0.5) is 4.79 Å². The predicted molar refractivity (Wildman–Crippen MR) is 170 cm³/mol. The lowest BCUT2D eigenvalue weighted by Crippen LogP contribution is -2.55. The van der Waals surface area contributed by atoms with Crippen molar-refractivity contribution in [1.29, 1.82) is 0 Å². The third kappa shape index (κ3) is 9.58. The van der Waals surface area contributed by atoms with Gasteiger partial charge in [-0.2, -0.15) is 0 Å². The monoisotopic (exact) mass is 631 g/mol. The van der Waals surface area contributed by atoms with Gasteiger partial charge in [0.05, 0.1) is 25.4 Å². The van der Waals surface area contributed by atoms with E-state index in [4.69, 9.17) is 19.3 Å². The molecule has 4 rings (SSSR count). The fraction of sp³-hybridized carbons (Fsp3) is 0.412. The Hall–Kier alpha value is -4.84. The number of carbonyl (C=O) groups excluding carboxylic acids is 4. The van der Waals surface area contributed by atoms with Gasteiger partial charge in [-0.3, -0.25) is 14.4 Å². The molecule has 12 heteroatoms. The highest BCUT2D eigenvalue weighted by Gasteiger charge is 2.32. The summed E-state index contributed by atoms with van der Waals surface area (Å²) in [6, 6.07) is 17.6. The molecule has 12 nitrogen and oxygen atoms in total. The molecular weight excluding hydrogens is 590 g/mol. The zero-order valence-corrected chi connectivity index (χ0v) is 26.9. The van der Waals surface area contributed by atoms with E-state index in [1.54, 1.807) is 38.7 Å². The van der Waals surface area contributed by atoms with Crippen LogP contribution < -0.4 is 5.32 Å². The quantitative estimate of drug-likeness (QED) is 0.317. The number of amides is 2. The van der Waals surface area contributed by atoms with Gasteiger partial charge in [0.1, 0.15) is 17.3 Å². The molecule has 2 amide bonds. The summed E-state index contributed by atoms with van der Waals surface area (Å²) >= 11 is 0. The maximum absolute atomic E-state index is 13.8. The highest BCUT2D eigenvalue weighted by atomic mass is 16.8. The Morgan fingerprint density at radius 2 is 1.61 bits per heavy atom. The molecule has 2 aromatic carbocycles. The number of nitrogens with one attached hydrogen (secondary N) is 1. The smallest absolute Gasteiger partial charge is 0.460 e. The van der Waals surface area contributed by atoms with E-state index in [0.29, 0.717) is 11.5 Å². The van der Waals surface area contributed by atoms with E-state index in [1.165, 1.54) is 5.06 Å². The molecule has 1 saturated heterocycles. The van der Waals surface area contributed by atoms with Crippen molar-refractivity contribution in [1.82, 2.24) is 25.2 Å². The topological polar surface area (TPSA) is 140 Å². The number of piperazine rings is 1. The Balaban J connectivity index is 1.58. The summed E-state index contributed by atoms with van der Waals surface area (Å²) in [5.74, 6) is -1.08. The molecule has 0 unspecified atom stereocenters. The molecule has 1 aromatic heterocycles. The molecule has 0 bridgehead atoms. The Bertz CT molecular complexity index is 1530. The summed E-state index contributed by atoms with van der Waals surface area (Å²) in [6.45, 7) is 10.1. The van der Waals surface area contributed by atoms with Crippen LogP contribution in [-0.4, -0.2) is 88.3 Å². The minimum Gasteiger partial charge on any atom is -0.460 e. The molecule has 244 valence electrons. The van der Waals surface area contributed by atoms with Gasteiger partial charge in [0.15, 0.2) is 5.82 Å². The van der Waals surface area contributed by atoms with E-state index in [2.05, 4.69) is 10.3 Å². The molecular formula is C34H41N5O7. The van der Waals surface area contributed by atoms with Gasteiger partial charge < -0.3 is 24.5 Å². The Labute approximate surface area is 269 Å². The third-order valence-corrected chi connectivity index (χ3v) is 7.09. The van der Waals surface area contributed by atoms with E-state index >= 15 is 0 Å². The minimum absolute atomic E-state index is 0.0142. The van der Waals surface area contributed by atoms with Crippen LogP contribution in [-0.2, 0) is 23.9 Å². The molecule has 2 heterocycles. The molecule has 0 spiro atoms. The van der Waals surface area contributed by atoms with Crippen molar-refractivity contribution >= 4 is 23.9 Å². The van der Waals surface area contributed by atoms with E-state index in [1.807, 2.05) is 61.5 Å². The fourth-order valence-corrected chi connectivity index (χ4v) is 4.89. The molecule has 1 atom stereocenters. The number of ether oxygens (including phenoxy) is 2. The zero-order valence-electron chi connectivity index (χ0n) is 26.9. The molecule has 0 saturated carbocycles. The van der Waals surface area contributed by atoms with Gasteiger partial charge in [0.25, 0.3) is 5.91 Å². The Morgan fingerprint density at radius 3 is 2.26 bits per heavy atom. The molecule has 0 aliphatic carbocycles. The zero-order chi connectivity index (χ0) is 33.3. The van der Waals surface area contributed by atoms with Crippen molar-refractivity contribution in [2.45, 2.75) is 59.1 Å². The minimum atomic E-state index is -1.05. The SMILES string of the molecule is CCOC(=O)ON1CCN(C(=O)[C@H](CCC(=O)OC(C)(C)C)NC(=O)c2cc(-c3ccccc3C)nc(-c3ccccc3)n2)CC1. The summed E-state index contributed by atoms with van der Waals surface area (Å²) in [5.41, 5.74) is 2.49. The number of hydrogen-bond donors (Lipinski definition) is 1. The van der Waals surface area contributed by atoms with Crippen LogP contribution >= 0.6 is 0 Å². The lowest BCUT2D eigenvalue weighted by Gasteiger charge is -2.35. The molecule has 1 aliphatic rings. The molecule has 1 N–H and O–H groups in total. The second-order valence-corrected chi connectivity index (χ2v) is 11.8. The summed E-state index contributed by atoms with van der Waals surface area (Å²) < 4.78 is 10.3. The molecule has 1 fully saturated rings. The first-order valence-electron chi connectivity index (χ1n) is 15.3. The number of benzene rings is 2. The number of aryl methyl sites for hydroxylation is 1. The van der Waals surface area contributed by atoms with Crippen LogP contribution in [0.5, 0.6) is 0 Å². The van der Waals surface area contributed by atoms with Gasteiger partial charge in [0.2, 0.25) is 5.91 Å². The number of esters is 1. The number of aromatic nitrogens is 2. The molecule has 46 heavy (non-hydrogen) atoms. The van der Waals surface area contributed by atoms with Crippen LogP contribution in [0, 0.1) is 6.92 Å². The van der Waals surface area contributed by atoms with Gasteiger partial charge in [-0.05, 0) is 52.7 Å². The van der Waals surface area contributed by atoms with E-state index in [9.17, 15) is 19.2 Å². The summed E-state index contributed by atoms with van der Waals surface area (Å²) in [7, 11) is 0. The first kappa shape index (κ1) is 34.0. The van der Waals surface area contributed by atoms with Crippen molar-refractivity contribution in [2.75, 3.05) is 32.8 Å². The van der Waals surface area contributed by atoms with Gasteiger partial charge in [-0.1, -0.05) is 54.6 Å². The maximum atomic E-state index is 13.8. The largest absolute Gasteiger partial charge is 0.527 e. The number of hydrogen-bond acceptors (Lipinski definition) is 10. The number of carbonyl (C=O) groups is 4. The number of rotatable bonds is 10. The first-order valence-corrected chi connectivity index (χ1v) is 15.3. The van der Waals surface area contributed by atoms with Gasteiger partial charge in [-0.25, -0.2) is 14.8 Å². The first-order chi connectivity index (χ1) is 21.9. The van der Waals surface area contributed by atoms with E-state index in [0.717, 1.165) is 16.7 Å². The highest BCUT2D eigenvalue weighted by Crippen LogP contribution is 2.25. The molecule has 1 aliphatic heterocycles. The van der Waals surface area contributed by atoms with Crippen molar-refractivity contribution in [3.05, 3.63) is 71.9 Å². The summed E-state index contributed by atoms with van der Waals surface area (Å²) in [4.78, 5) is 68.0. The maximum Gasteiger partial charge on any atom is 0.527 e. The second-order valence-electron chi connectivity index (χ2n) is 11.8. The van der Waals surface area contributed by atoms with Crippen LogP contribution in [0.25, 0.3) is 22.6 Å². The normalized spacial score (nSPS) is 14.2. The predicted octanol–water partition coefficient (Wildman–Crippen LogP) is 4.57. The molecule has 3 aromatic rings. The third-order valence-electron chi connectivity index (χ3n) is 7.09. The van der Waals surface area contributed by atoms with Crippen molar-refractivity contribution in [3.63, 3.8) is 0 Å². The Kier molecular flexibility index (Phi) is 11.4. The fourth-order valence-electron chi connectivity index (χ4n) is 4.89. The molecule has 0 radical (unpaired) electrons. The van der Waals surface area contributed by atoms with Crippen LogP contribution in [0.1, 0.15) is 56.6 Å².